The number of hydrogen-bond acceptors (Lipinski definition) is 7. The fourth-order valence-corrected chi connectivity index (χ4v) is 4.36. The molecule has 2 aliphatic heterocycles. The summed E-state index contributed by atoms with van der Waals surface area (Å²) in [4.78, 5) is 13.1. The van der Waals surface area contributed by atoms with E-state index in [1.54, 1.807) is 43.3 Å². The van der Waals surface area contributed by atoms with Crippen molar-refractivity contribution in [2.75, 3.05) is 30.6 Å². The molecule has 9 nitrogen and oxygen atoms in total. The van der Waals surface area contributed by atoms with Gasteiger partial charge in [0, 0.05) is 18.6 Å². The molecule has 2 atom stereocenters. The van der Waals surface area contributed by atoms with Crippen LogP contribution in [0.2, 0.25) is 0 Å². The maximum Gasteiger partial charge on any atom is 0.410 e. The Morgan fingerprint density at radius 1 is 1.11 bits per heavy atom. The van der Waals surface area contributed by atoms with Crippen LogP contribution in [-0.4, -0.2) is 41.9 Å². The summed E-state index contributed by atoms with van der Waals surface area (Å²) in [5.74, 6) is 1.32. The molecule has 0 bridgehead atoms. The number of aromatic nitrogens is 2. The Hall–Kier alpha value is -4.09. The van der Waals surface area contributed by atoms with Crippen LogP contribution in [-0.2, 0) is 0 Å². The van der Waals surface area contributed by atoms with Crippen LogP contribution in [0.3, 0.4) is 0 Å². The second-order valence-electron chi connectivity index (χ2n) is 8.44. The highest BCUT2D eigenvalue weighted by atomic mass is 19.4. The molecule has 196 valence electrons. The van der Waals surface area contributed by atoms with Crippen LogP contribution < -0.4 is 29.6 Å². The van der Waals surface area contributed by atoms with Crippen LogP contribution in [0.25, 0.3) is 0 Å². The van der Waals surface area contributed by atoms with E-state index in [4.69, 9.17) is 18.9 Å². The summed E-state index contributed by atoms with van der Waals surface area (Å²) in [5.41, 5.74) is 0.751. The van der Waals surface area contributed by atoms with Crippen LogP contribution in [0, 0.1) is 0 Å². The number of nitrogens with zero attached hydrogens (tertiary/aromatic N) is 2. The van der Waals surface area contributed by atoms with Gasteiger partial charge in [-0.2, -0.15) is 18.3 Å². The maximum absolute atomic E-state index is 14.1. The first-order chi connectivity index (χ1) is 17.8. The monoisotopic (exact) mass is 518 g/mol. The van der Waals surface area contributed by atoms with E-state index >= 15 is 0 Å². The van der Waals surface area contributed by atoms with Crippen LogP contribution in [0.1, 0.15) is 48.4 Å². The van der Waals surface area contributed by atoms with E-state index in [9.17, 15) is 18.0 Å². The summed E-state index contributed by atoms with van der Waals surface area (Å²) >= 11 is 0. The average Bonchev–Trinajstić information content (AvgIpc) is 3.51. The van der Waals surface area contributed by atoms with E-state index < -0.39 is 24.2 Å². The molecule has 1 aromatic heterocycles. The number of nitrogens with one attached hydrogen (secondary N) is 2. The smallest absolute Gasteiger partial charge is 0.410 e. The molecule has 3 heterocycles. The molecule has 0 fully saturated rings. The van der Waals surface area contributed by atoms with Crippen molar-refractivity contribution in [2.45, 2.75) is 38.5 Å². The van der Waals surface area contributed by atoms with Gasteiger partial charge in [0.2, 0.25) is 6.79 Å². The van der Waals surface area contributed by atoms with Crippen molar-refractivity contribution in [1.29, 1.82) is 0 Å². The Morgan fingerprint density at radius 2 is 1.89 bits per heavy atom. The summed E-state index contributed by atoms with van der Waals surface area (Å²) in [7, 11) is 0. The fourth-order valence-electron chi connectivity index (χ4n) is 4.36. The number of ether oxygens (including phenoxy) is 4. The predicted octanol–water partition coefficient (Wildman–Crippen LogP) is 5.32. The minimum Gasteiger partial charge on any atom is -0.494 e. The van der Waals surface area contributed by atoms with Gasteiger partial charge in [0.05, 0.1) is 24.9 Å². The van der Waals surface area contributed by atoms with Gasteiger partial charge in [0.1, 0.15) is 17.3 Å². The molecule has 0 saturated carbocycles. The third kappa shape index (κ3) is 4.95. The van der Waals surface area contributed by atoms with Crippen molar-refractivity contribution >= 4 is 17.4 Å². The molecule has 2 N–H and O–H groups in total. The number of benzene rings is 2. The van der Waals surface area contributed by atoms with Crippen LogP contribution in [0.4, 0.5) is 24.7 Å². The third-order valence-electron chi connectivity index (χ3n) is 6.03. The van der Waals surface area contributed by atoms with E-state index in [0.29, 0.717) is 47.5 Å². The Bertz CT molecular complexity index is 1310. The molecular formula is C25H25F3N4O5. The number of carbonyl (C=O) groups excluding carboxylic acids is 1. The average molecular weight is 518 g/mol. The highest BCUT2D eigenvalue weighted by Gasteiger charge is 2.47. The number of halogens is 3. The maximum atomic E-state index is 14.1. The van der Waals surface area contributed by atoms with Crippen molar-refractivity contribution in [2.24, 2.45) is 0 Å². The molecule has 37 heavy (non-hydrogen) atoms. The molecule has 2 aromatic carbocycles. The van der Waals surface area contributed by atoms with Gasteiger partial charge in [-0.15, -0.1) is 0 Å². The highest BCUT2D eigenvalue weighted by Crippen LogP contribution is 2.45. The second kappa shape index (κ2) is 9.75. The number of fused-ring (bicyclic) bond motifs is 2. The Kier molecular flexibility index (Phi) is 6.48. The number of amides is 1. The normalized spacial score (nSPS) is 18.1. The molecule has 1 amide bonds. The van der Waals surface area contributed by atoms with Gasteiger partial charge >= 0.3 is 6.18 Å². The zero-order valence-corrected chi connectivity index (χ0v) is 20.1. The van der Waals surface area contributed by atoms with Gasteiger partial charge in [-0.25, -0.2) is 4.68 Å². The summed E-state index contributed by atoms with van der Waals surface area (Å²) in [6.45, 7) is 4.46. The van der Waals surface area contributed by atoms with Gasteiger partial charge in [0.15, 0.2) is 23.2 Å². The van der Waals surface area contributed by atoms with Gasteiger partial charge in [-0.3, -0.25) is 4.79 Å². The predicted molar refractivity (Wildman–Crippen MR) is 128 cm³/mol. The lowest BCUT2D eigenvalue weighted by molar-refractivity contribution is -0.173. The van der Waals surface area contributed by atoms with Crippen molar-refractivity contribution in [3.63, 3.8) is 0 Å². The minimum absolute atomic E-state index is 0.0613. The van der Waals surface area contributed by atoms with Crippen LogP contribution in [0.15, 0.2) is 42.5 Å². The van der Waals surface area contributed by atoms with Crippen molar-refractivity contribution in [1.82, 2.24) is 9.78 Å². The molecule has 0 spiro atoms. The minimum atomic E-state index is -4.58. The molecule has 2 aliphatic rings. The quantitative estimate of drug-likeness (QED) is 0.437. The van der Waals surface area contributed by atoms with Crippen LogP contribution >= 0.6 is 0 Å². The molecule has 3 aromatic rings. The summed E-state index contributed by atoms with van der Waals surface area (Å²) in [5, 5.41) is 9.79. The van der Waals surface area contributed by atoms with Crippen molar-refractivity contribution in [3.8, 4) is 23.0 Å². The largest absolute Gasteiger partial charge is 0.494 e. The Morgan fingerprint density at radius 3 is 2.65 bits per heavy atom. The molecule has 0 radical (unpaired) electrons. The Balaban J connectivity index is 1.43. The topological polar surface area (TPSA) is 95.9 Å². The van der Waals surface area contributed by atoms with Gasteiger partial charge < -0.3 is 29.6 Å². The van der Waals surface area contributed by atoms with E-state index in [2.05, 4.69) is 15.7 Å². The highest BCUT2D eigenvalue weighted by molar-refractivity contribution is 6.04. The lowest BCUT2D eigenvalue weighted by Gasteiger charge is -2.33. The summed E-state index contributed by atoms with van der Waals surface area (Å²) < 4.78 is 64.8. The van der Waals surface area contributed by atoms with Crippen molar-refractivity contribution < 1.29 is 36.9 Å². The first-order valence-corrected chi connectivity index (χ1v) is 11.8. The number of alkyl halides is 3. The fraction of sp³-hybridized carbons (Fsp3) is 0.360. The van der Waals surface area contributed by atoms with Gasteiger partial charge in [-0.05, 0) is 43.7 Å². The third-order valence-corrected chi connectivity index (χ3v) is 6.03. The molecule has 5 rings (SSSR count). The first-order valence-electron chi connectivity index (χ1n) is 11.8. The lowest BCUT2D eigenvalue weighted by atomic mass is 9.96. The first kappa shape index (κ1) is 24.6. The number of rotatable bonds is 7. The Labute approximate surface area is 210 Å². The number of anilines is 2. The van der Waals surface area contributed by atoms with Gasteiger partial charge in [0.25, 0.3) is 5.91 Å². The second-order valence-corrected chi connectivity index (χ2v) is 8.44. The van der Waals surface area contributed by atoms with E-state index in [0.717, 1.165) is 4.68 Å². The van der Waals surface area contributed by atoms with Crippen LogP contribution in [0.5, 0.6) is 23.0 Å². The molecule has 12 heteroatoms. The summed E-state index contributed by atoms with van der Waals surface area (Å²) in [6, 6.07) is 8.66. The van der Waals surface area contributed by atoms with Gasteiger partial charge in [-0.1, -0.05) is 6.07 Å². The van der Waals surface area contributed by atoms with E-state index in [1.807, 2.05) is 6.92 Å². The summed E-state index contributed by atoms with van der Waals surface area (Å²) in [6.07, 6.45) is -4.90. The molecule has 0 aliphatic carbocycles. The zero-order valence-electron chi connectivity index (χ0n) is 20.1. The SMILES string of the molecule is CCOc1ccc(OCC)c(NC(=O)c2cc3n(n2)C(C(F)(F)F)CC(c2ccc4c(c2)OCO4)N3)c1. The molecule has 2 unspecified atom stereocenters. The molecular weight excluding hydrogens is 493 g/mol. The van der Waals surface area contributed by atoms with E-state index in [1.165, 1.54) is 6.07 Å². The number of carbonyl (C=O) groups is 1. The zero-order chi connectivity index (χ0) is 26.2. The number of hydrogen-bond donors (Lipinski definition) is 2. The van der Waals surface area contributed by atoms with Crippen molar-refractivity contribution in [3.05, 3.63) is 53.7 Å². The molecule has 0 saturated heterocycles. The lowest BCUT2D eigenvalue weighted by Crippen LogP contribution is -2.35. The standard InChI is InChI=1S/C25H25F3N4O5/c1-3-34-15-6-8-19(35-4-2)17(10-15)30-24(33)18-12-23-29-16(11-22(25(26,27)28)32(23)31-18)14-5-7-20-21(9-14)37-13-36-20/h5-10,12,16,22,29H,3-4,11,13H2,1-2H3,(H,30,33). The van der Waals surface area contributed by atoms with E-state index in [-0.39, 0.29) is 24.7 Å².